The van der Waals surface area contributed by atoms with Crippen molar-refractivity contribution < 1.29 is 14.3 Å². The highest BCUT2D eigenvalue weighted by molar-refractivity contribution is 8.21. The molecule has 2 saturated carbocycles. The van der Waals surface area contributed by atoms with E-state index < -0.39 is 11.7 Å². The van der Waals surface area contributed by atoms with Crippen LogP contribution in [0.25, 0.3) is 0 Å². The van der Waals surface area contributed by atoms with Crippen molar-refractivity contribution in [3.05, 3.63) is 0 Å². The Morgan fingerprint density at radius 1 is 1.04 bits per heavy atom. The van der Waals surface area contributed by atoms with E-state index in [1.54, 1.807) is 20.8 Å². The van der Waals surface area contributed by atoms with Crippen LogP contribution in [0, 0.1) is 17.8 Å². The molecular weight excluding hydrogens is 332 g/mol. The van der Waals surface area contributed by atoms with E-state index in [2.05, 4.69) is 34.4 Å². The van der Waals surface area contributed by atoms with Crippen LogP contribution in [0.15, 0.2) is 0 Å². The van der Waals surface area contributed by atoms with E-state index in [0.717, 1.165) is 12.8 Å². The fourth-order valence-electron chi connectivity index (χ4n) is 4.13. The van der Waals surface area contributed by atoms with Crippen LogP contribution in [0.1, 0.15) is 46.5 Å². The Kier molecular flexibility index (Phi) is 4.80. The van der Waals surface area contributed by atoms with Crippen LogP contribution in [-0.4, -0.2) is 33.2 Å². The minimum atomic E-state index is -0.608. The zero-order valence-electron chi connectivity index (χ0n) is 14.0. The van der Waals surface area contributed by atoms with Gasteiger partial charge in [-0.15, -0.1) is 23.5 Å². The van der Waals surface area contributed by atoms with E-state index in [1.165, 1.54) is 24.3 Å². The molecule has 7 heteroatoms. The standard InChI is InChI=1S/C16H26N2O3S2/c1-15(2,3)21-14(20)18-17-13(19)10-8-11-4-5-12(9-10)16(11)22-6-7-23-16/h10-12H,4-9H2,1-3H3,(H,17,19)(H,18,20)/t10?,11-,12+. The van der Waals surface area contributed by atoms with Gasteiger partial charge in [-0.25, -0.2) is 10.2 Å². The highest BCUT2D eigenvalue weighted by Gasteiger charge is 2.57. The number of carbonyl (C=O) groups excluding carboxylic acids is 2. The number of rotatable bonds is 1. The first-order valence-corrected chi connectivity index (χ1v) is 10.3. The average molecular weight is 359 g/mol. The molecule has 1 heterocycles. The van der Waals surface area contributed by atoms with Crippen LogP contribution >= 0.6 is 23.5 Å². The van der Waals surface area contributed by atoms with Gasteiger partial charge in [-0.1, -0.05) is 0 Å². The van der Waals surface area contributed by atoms with E-state index in [9.17, 15) is 9.59 Å². The third-order valence-corrected chi connectivity index (χ3v) is 8.95. The second-order valence-corrected chi connectivity index (χ2v) is 10.7. The minimum Gasteiger partial charge on any atom is -0.443 e. The molecule has 3 fully saturated rings. The molecule has 3 atom stereocenters. The van der Waals surface area contributed by atoms with Gasteiger partial charge >= 0.3 is 6.09 Å². The summed E-state index contributed by atoms with van der Waals surface area (Å²) in [6.45, 7) is 5.39. The number of ether oxygens (including phenoxy) is 1. The van der Waals surface area contributed by atoms with Crippen molar-refractivity contribution in [2.24, 2.45) is 17.8 Å². The maximum atomic E-state index is 12.4. The number of carbonyl (C=O) groups is 2. The number of nitrogens with one attached hydrogen (secondary N) is 2. The van der Waals surface area contributed by atoms with Crippen LogP contribution < -0.4 is 10.9 Å². The van der Waals surface area contributed by atoms with Crippen LogP contribution in [0.2, 0.25) is 0 Å². The smallest absolute Gasteiger partial charge is 0.426 e. The predicted octanol–water partition coefficient (Wildman–Crippen LogP) is 3.15. The van der Waals surface area contributed by atoms with E-state index in [0.29, 0.717) is 15.9 Å². The van der Waals surface area contributed by atoms with Gasteiger partial charge in [0.25, 0.3) is 0 Å². The minimum absolute atomic E-state index is 0.00913. The molecule has 2 bridgehead atoms. The van der Waals surface area contributed by atoms with Crippen LogP contribution in [0.5, 0.6) is 0 Å². The molecule has 2 amide bonds. The summed E-state index contributed by atoms with van der Waals surface area (Å²) in [6, 6.07) is 0. The van der Waals surface area contributed by atoms with E-state index >= 15 is 0 Å². The molecular formula is C16H26N2O3S2. The molecule has 0 radical (unpaired) electrons. The molecule has 2 aliphatic carbocycles. The van der Waals surface area contributed by atoms with Crippen molar-refractivity contribution in [3.8, 4) is 0 Å². The lowest BCUT2D eigenvalue weighted by atomic mass is 9.79. The Morgan fingerprint density at radius 3 is 2.13 bits per heavy atom. The Morgan fingerprint density at radius 2 is 1.61 bits per heavy atom. The molecule has 130 valence electrons. The molecule has 3 rings (SSSR count). The lowest BCUT2D eigenvalue weighted by Crippen LogP contribution is -2.49. The number of amides is 2. The fraction of sp³-hybridized carbons (Fsp3) is 0.875. The zero-order chi connectivity index (χ0) is 16.7. The van der Waals surface area contributed by atoms with E-state index in [-0.39, 0.29) is 11.8 Å². The summed E-state index contributed by atoms with van der Waals surface area (Å²) >= 11 is 4.25. The lowest BCUT2D eigenvalue weighted by molar-refractivity contribution is -0.127. The highest BCUT2D eigenvalue weighted by atomic mass is 32.2. The van der Waals surface area contributed by atoms with Gasteiger partial charge in [0.15, 0.2) is 0 Å². The molecule has 3 aliphatic rings. The summed E-state index contributed by atoms with van der Waals surface area (Å²) in [5.41, 5.74) is 4.35. The van der Waals surface area contributed by atoms with Crippen molar-refractivity contribution in [1.82, 2.24) is 10.9 Å². The zero-order valence-corrected chi connectivity index (χ0v) is 15.6. The molecule has 1 aliphatic heterocycles. The van der Waals surface area contributed by atoms with Gasteiger partial charge in [0, 0.05) is 17.4 Å². The van der Waals surface area contributed by atoms with Gasteiger partial charge in [0.1, 0.15) is 5.60 Å². The summed E-state index contributed by atoms with van der Waals surface area (Å²) in [7, 11) is 0. The summed E-state index contributed by atoms with van der Waals surface area (Å²) in [5, 5.41) is 0. The number of hydrogen-bond donors (Lipinski definition) is 2. The third kappa shape index (κ3) is 3.60. The SMILES string of the molecule is CC(C)(C)OC(=O)NNC(=O)C1C[C@H]2CC[C@@H](C1)C21SCCS1. The molecule has 0 aromatic heterocycles. The number of hydrogen-bond acceptors (Lipinski definition) is 5. The molecule has 1 unspecified atom stereocenters. The monoisotopic (exact) mass is 358 g/mol. The van der Waals surface area contributed by atoms with Gasteiger partial charge in [-0.2, -0.15) is 0 Å². The highest BCUT2D eigenvalue weighted by Crippen LogP contribution is 2.65. The molecule has 1 saturated heterocycles. The molecule has 0 aromatic rings. The van der Waals surface area contributed by atoms with Crippen molar-refractivity contribution in [2.75, 3.05) is 11.5 Å². The molecule has 2 N–H and O–H groups in total. The number of thioether (sulfide) groups is 2. The number of hydrazine groups is 1. The second kappa shape index (κ2) is 6.39. The quantitative estimate of drug-likeness (QED) is 0.705. The Hall–Kier alpha value is -0.560. The maximum absolute atomic E-state index is 12.4. The maximum Gasteiger partial charge on any atom is 0.426 e. The first kappa shape index (κ1) is 17.3. The first-order chi connectivity index (χ1) is 10.8. The molecule has 5 nitrogen and oxygen atoms in total. The van der Waals surface area contributed by atoms with Crippen LogP contribution in [0.3, 0.4) is 0 Å². The summed E-state index contributed by atoms with van der Waals surface area (Å²) in [4.78, 5) is 24.0. The molecule has 0 aromatic carbocycles. The Bertz CT molecular complexity index is 470. The largest absolute Gasteiger partial charge is 0.443 e. The van der Waals surface area contributed by atoms with Crippen LogP contribution in [0.4, 0.5) is 4.79 Å². The van der Waals surface area contributed by atoms with Gasteiger partial charge in [-0.05, 0) is 58.3 Å². The lowest BCUT2D eigenvalue weighted by Gasteiger charge is -2.42. The topological polar surface area (TPSA) is 67.4 Å². The Balaban J connectivity index is 1.51. The predicted molar refractivity (Wildman–Crippen MR) is 94.1 cm³/mol. The molecule has 1 spiro atoms. The Labute approximate surface area is 146 Å². The summed E-state index contributed by atoms with van der Waals surface area (Å²) in [5.74, 6) is 3.70. The van der Waals surface area contributed by atoms with Gasteiger partial charge in [-0.3, -0.25) is 10.2 Å². The van der Waals surface area contributed by atoms with E-state index in [1.807, 2.05) is 0 Å². The van der Waals surface area contributed by atoms with Crippen LogP contribution in [-0.2, 0) is 9.53 Å². The van der Waals surface area contributed by atoms with Gasteiger partial charge < -0.3 is 4.74 Å². The second-order valence-electron chi connectivity index (χ2n) is 7.67. The summed E-state index contributed by atoms with van der Waals surface area (Å²) in [6.07, 6.45) is 3.77. The average Bonchev–Trinajstić information content (AvgIpc) is 2.98. The van der Waals surface area contributed by atoms with Crippen molar-refractivity contribution >= 4 is 35.5 Å². The third-order valence-electron chi connectivity index (χ3n) is 4.94. The van der Waals surface area contributed by atoms with Gasteiger partial charge in [0.2, 0.25) is 5.91 Å². The van der Waals surface area contributed by atoms with Crippen molar-refractivity contribution in [1.29, 1.82) is 0 Å². The van der Waals surface area contributed by atoms with Crippen molar-refractivity contribution in [3.63, 3.8) is 0 Å². The normalized spacial score (nSPS) is 31.9. The summed E-state index contributed by atoms with van der Waals surface area (Å²) < 4.78 is 5.52. The van der Waals surface area contributed by atoms with Crippen molar-refractivity contribution in [2.45, 2.75) is 56.1 Å². The molecule has 23 heavy (non-hydrogen) atoms. The fourth-order valence-corrected chi connectivity index (χ4v) is 8.07. The van der Waals surface area contributed by atoms with Gasteiger partial charge in [0.05, 0.1) is 4.08 Å². The van der Waals surface area contributed by atoms with E-state index in [4.69, 9.17) is 4.74 Å². The first-order valence-electron chi connectivity index (χ1n) is 8.37.